The number of fused-ring (bicyclic) bond motifs is 1. The molecular formula is C17H14K2N2O6S. The van der Waals surface area contributed by atoms with Crippen molar-refractivity contribution in [2.24, 2.45) is 0 Å². The number of carboxylic acid groups (broad SMARTS) is 2. The molecule has 2 amide bonds. The first-order chi connectivity index (χ1) is 12.1. The summed E-state index contributed by atoms with van der Waals surface area (Å²) in [4.78, 5) is 34.5. The minimum absolute atomic E-state index is 0. The predicted molar refractivity (Wildman–Crippen MR) is 87.5 cm³/mol. The fourth-order valence-electron chi connectivity index (χ4n) is 2.42. The number of amides is 2. The zero-order valence-electron chi connectivity index (χ0n) is 15.6. The van der Waals surface area contributed by atoms with Crippen LogP contribution in [-0.2, 0) is 16.3 Å². The Labute approximate surface area is 247 Å². The molecule has 28 heavy (non-hydrogen) atoms. The molecule has 0 aromatic heterocycles. The first-order valence-corrected chi connectivity index (χ1v) is 9.24. The van der Waals surface area contributed by atoms with Crippen molar-refractivity contribution in [3.8, 4) is 0 Å². The van der Waals surface area contributed by atoms with Crippen LogP contribution in [0, 0.1) is 4.78 Å². The van der Waals surface area contributed by atoms with Gasteiger partial charge in [0.2, 0.25) is 0 Å². The number of hydrogen-bond acceptors (Lipinski definition) is 7. The van der Waals surface area contributed by atoms with Gasteiger partial charge in [0.25, 0.3) is 11.8 Å². The fraction of sp³-hybridized carbons (Fsp3) is 0.118. The predicted octanol–water partition coefficient (Wildman–Crippen LogP) is -5.92. The van der Waals surface area contributed by atoms with Gasteiger partial charge in [0.1, 0.15) is 0 Å². The summed E-state index contributed by atoms with van der Waals surface area (Å²) in [6.45, 7) is 0.162. The van der Waals surface area contributed by atoms with Crippen molar-refractivity contribution in [1.29, 1.82) is 4.78 Å². The number of nitrogens with one attached hydrogen (secondary N) is 1. The van der Waals surface area contributed by atoms with E-state index in [9.17, 15) is 13.8 Å². The van der Waals surface area contributed by atoms with Crippen LogP contribution in [0.1, 0.15) is 26.3 Å². The normalized spacial score (nSPS) is 13.8. The molecule has 1 heterocycles. The number of benzene rings is 2. The first-order valence-electron chi connectivity index (χ1n) is 7.27. The van der Waals surface area contributed by atoms with E-state index >= 15 is 0 Å². The van der Waals surface area contributed by atoms with Gasteiger partial charge in [-0.2, -0.15) is 0 Å². The van der Waals surface area contributed by atoms with Crippen LogP contribution in [0.5, 0.6) is 0 Å². The molecule has 2 aromatic rings. The molecule has 1 unspecified atom stereocenters. The Balaban J connectivity index is 0.00000111. The van der Waals surface area contributed by atoms with Gasteiger partial charge in [-0.1, -0.05) is 24.3 Å². The minimum Gasteiger partial charge on any atom is -0.652 e. The number of nitrogens with zero attached hydrogens (tertiary/aromatic N) is 1. The molecule has 11 heteroatoms. The Kier molecular flexibility index (Phi) is 12.1. The molecule has 0 aliphatic carbocycles. The summed E-state index contributed by atoms with van der Waals surface area (Å²) in [5, 5.41) is 16.7. The Morgan fingerprint density at radius 1 is 0.964 bits per heavy atom. The molecule has 136 valence electrons. The molecule has 0 fully saturated rings. The Hall–Kier alpha value is 0.0727. The van der Waals surface area contributed by atoms with Crippen LogP contribution >= 0.6 is 0 Å². The summed E-state index contributed by atoms with van der Waals surface area (Å²) >= 11 is 0. The third-order valence-electron chi connectivity index (χ3n) is 3.59. The van der Waals surface area contributed by atoms with E-state index in [1.807, 2.05) is 0 Å². The maximum Gasteiger partial charge on any atom is 1.00 e. The summed E-state index contributed by atoms with van der Waals surface area (Å²) in [7, 11) is -2.76. The molecule has 1 atom stereocenters. The SMILES string of the molecule is CS(=N)(=O)c1ccc(CN2C(=O)c3ccccc3C2=O)cc1.O=C([O-])[O-].[K+].[K+]. The number of carbonyl (C=O) groups is 3. The number of hydrogen-bond donors (Lipinski definition) is 1. The summed E-state index contributed by atoms with van der Waals surface area (Å²) in [5.41, 5.74) is 1.60. The van der Waals surface area contributed by atoms with Crippen LogP contribution < -0.4 is 113 Å². The van der Waals surface area contributed by atoms with Gasteiger partial charge in [0, 0.05) is 11.2 Å². The summed E-state index contributed by atoms with van der Waals surface area (Å²) in [6.07, 6.45) is -0.980. The zero-order chi connectivity index (χ0) is 19.5. The van der Waals surface area contributed by atoms with Gasteiger partial charge in [0.15, 0.2) is 0 Å². The molecular weight excluding hydrogens is 438 g/mol. The van der Waals surface area contributed by atoms with Crippen LogP contribution in [0.3, 0.4) is 0 Å². The maximum absolute atomic E-state index is 12.3. The largest absolute Gasteiger partial charge is 1.00 e. The summed E-state index contributed by atoms with van der Waals surface area (Å²) < 4.78 is 19.2. The van der Waals surface area contributed by atoms with Gasteiger partial charge in [0.05, 0.1) is 27.4 Å². The van der Waals surface area contributed by atoms with Crippen molar-refractivity contribution in [3.05, 3.63) is 65.2 Å². The maximum atomic E-state index is 12.3. The van der Waals surface area contributed by atoms with Crippen molar-refractivity contribution >= 4 is 27.7 Å². The Morgan fingerprint density at radius 3 is 1.71 bits per heavy atom. The quantitative estimate of drug-likeness (QED) is 0.363. The third kappa shape index (κ3) is 7.40. The molecule has 1 aliphatic rings. The summed E-state index contributed by atoms with van der Waals surface area (Å²) in [5.74, 6) is -0.603. The van der Waals surface area contributed by atoms with Crippen LogP contribution in [-0.4, -0.2) is 33.3 Å². The molecule has 0 spiro atoms. The van der Waals surface area contributed by atoms with Gasteiger partial charge < -0.3 is 15.0 Å². The molecule has 1 N–H and O–H groups in total. The second kappa shape index (κ2) is 12.1. The summed E-state index contributed by atoms with van der Waals surface area (Å²) in [6, 6.07) is 13.3. The fourth-order valence-corrected chi connectivity index (χ4v) is 3.08. The number of carbonyl (C=O) groups excluding carboxylic acids is 3. The number of imide groups is 1. The van der Waals surface area contributed by atoms with Gasteiger partial charge in [-0.15, -0.1) is 0 Å². The number of rotatable bonds is 3. The van der Waals surface area contributed by atoms with Crippen LogP contribution in [0.25, 0.3) is 0 Å². The van der Waals surface area contributed by atoms with Crippen molar-refractivity contribution in [3.63, 3.8) is 0 Å². The molecule has 0 saturated heterocycles. The standard InChI is InChI=1S/C16H14N2O3S.CH2O3.2K/c1-22(17,21)12-8-6-11(7-9-12)10-18-15(19)13-4-2-3-5-14(13)16(18)20;2-1(3)4;;/h2-9,17H,10H2,1H3;(H2,2,3,4);;/q;;2*+1/p-2. The van der Waals surface area contributed by atoms with Crippen LogP contribution in [0.2, 0.25) is 0 Å². The van der Waals surface area contributed by atoms with Gasteiger partial charge in [-0.25, -0.2) is 8.99 Å². The van der Waals surface area contributed by atoms with E-state index in [1.165, 1.54) is 11.2 Å². The second-order valence-corrected chi connectivity index (χ2v) is 7.64. The molecule has 1 aliphatic heterocycles. The third-order valence-corrected chi connectivity index (χ3v) is 4.76. The second-order valence-electron chi connectivity index (χ2n) is 5.48. The van der Waals surface area contributed by atoms with Crippen molar-refractivity contribution < 1.29 is 132 Å². The first kappa shape index (κ1) is 28.1. The molecule has 8 nitrogen and oxygen atoms in total. The van der Waals surface area contributed by atoms with E-state index in [-0.39, 0.29) is 121 Å². The molecule has 2 aromatic carbocycles. The van der Waals surface area contributed by atoms with E-state index in [0.717, 1.165) is 5.56 Å². The Morgan fingerprint density at radius 2 is 1.36 bits per heavy atom. The molecule has 0 radical (unpaired) electrons. The molecule has 3 rings (SSSR count). The van der Waals surface area contributed by atoms with E-state index in [0.29, 0.717) is 16.0 Å². The van der Waals surface area contributed by atoms with Gasteiger partial charge >= 0.3 is 103 Å². The molecule has 0 saturated carbocycles. The molecule has 0 bridgehead atoms. The zero-order valence-corrected chi connectivity index (χ0v) is 22.7. The van der Waals surface area contributed by atoms with E-state index in [4.69, 9.17) is 19.8 Å². The topological polar surface area (TPSA) is 141 Å². The van der Waals surface area contributed by atoms with Gasteiger partial charge in [-0.05, 0) is 36.0 Å². The van der Waals surface area contributed by atoms with E-state index < -0.39 is 15.9 Å². The van der Waals surface area contributed by atoms with Crippen LogP contribution in [0.15, 0.2) is 53.4 Å². The van der Waals surface area contributed by atoms with Crippen molar-refractivity contribution in [1.82, 2.24) is 4.90 Å². The minimum atomic E-state index is -2.76. The average Bonchev–Trinajstić information content (AvgIpc) is 2.80. The van der Waals surface area contributed by atoms with E-state index in [1.54, 1.807) is 48.5 Å². The van der Waals surface area contributed by atoms with Crippen molar-refractivity contribution in [2.75, 3.05) is 6.26 Å². The smallest absolute Gasteiger partial charge is 0.652 e. The van der Waals surface area contributed by atoms with Crippen molar-refractivity contribution in [2.45, 2.75) is 11.4 Å². The van der Waals surface area contributed by atoms with Gasteiger partial charge in [-0.3, -0.25) is 14.5 Å². The average molecular weight is 453 g/mol. The van der Waals surface area contributed by atoms with Crippen LogP contribution in [0.4, 0.5) is 4.79 Å². The monoisotopic (exact) mass is 452 g/mol. The van der Waals surface area contributed by atoms with E-state index in [2.05, 4.69) is 0 Å². The Bertz CT molecular complexity index is 938.